The van der Waals surface area contributed by atoms with Crippen LogP contribution in [0.1, 0.15) is 55.5 Å². The van der Waals surface area contributed by atoms with Crippen molar-refractivity contribution in [1.29, 1.82) is 0 Å². The van der Waals surface area contributed by atoms with Gasteiger partial charge < -0.3 is 10.2 Å². The van der Waals surface area contributed by atoms with Crippen LogP contribution in [0.15, 0.2) is 12.1 Å². The average Bonchev–Trinajstić information content (AvgIpc) is 3.35. The molecule has 1 amide bonds. The van der Waals surface area contributed by atoms with Crippen molar-refractivity contribution >= 4 is 11.7 Å². The van der Waals surface area contributed by atoms with E-state index in [4.69, 9.17) is 4.98 Å². The third-order valence-electron chi connectivity index (χ3n) is 5.08. The Balaban J connectivity index is 1.41. The van der Waals surface area contributed by atoms with Gasteiger partial charge in [-0.3, -0.25) is 9.48 Å². The smallest absolute Gasteiger partial charge is 0.220 e. The average molecular weight is 368 g/mol. The second-order valence-corrected chi connectivity index (χ2v) is 7.65. The number of hydrogen-bond acceptors (Lipinski definition) is 5. The molecule has 4 rings (SSSR count). The SMILES string of the molecule is CCCc1nc(C)cc(N2CCn3nc(CCC(=O)NC4CC4)cc3C2)n1. The summed E-state index contributed by atoms with van der Waals surface area (Å²) in [4.78, 5) is 23.5. The van der Waals surface area contributed by atoms with E-state index in [1.807, 2.05) is 6.92 Å². The normalized spacial score (nSPS) is 16.3. The number of anilines is 1. The van der Waals surface area contributed by atoms with Crippen molar-refractivity contribution in [3.05, 3.63) is 35.0 Å². The number of amides is 1. The molecule has 3 heterocycles. The van der Waals surface area contributed by atoms with Crippen molar-refractivity contribution in [2.45, 2.75) is 71.5 Å². The molecule has 2 aromatic rings. The van der Waals surface area contributed by atoms with Crippen LogP contribution in [0.25, 0.3) is 0 Å². The number of fused-ring (bicyclic) bond motifs is 1. The predicted octanol–water partition coefficient (Wildman–Crippen LogP) is 2.17. The first-order chi connectivity index (χ1) is 13.1. The first-order valence-corrected chi connectivity index (χ1v) is 10.0. The minimum absolute atomic E-state index is 0.144. The Labute approximate surface area is 160 Å². The molecule has 0 atom stereocenters. The molecule has 7 nitrogen and oxygen atoms in total. The Morgan fingerprint density at radius 2 is 2.07 bits per heavy atom. The topological polar surface area (TPSA) is 75.9 Å². The zero-order valence-corrected chi connectivity index (χ0v) is 16.2. The summed E-state index contributed by atoms with van der Waals surface area (Å²) in [7, 11) is 0. The molecule has 2 aromatic heterocycles. The number of nitrogens with zero attached hydrogens (tertiary/aromatic N) is 5. The minimum Gasteiger partial charge on any atom is -0.353 e. The Morgan fingerprint density at radius 3 is 2.85 bits per heavy atom. The number of carbonyl (C=O) groups excluding carboxylic acids is 1. The first kappa shape index (κ1) is 17.9. The summed E-state index contributed by atoms with van der Waals surface area (Å²) in [6, 6.07) is 4.63. The molecule has 1 N–H and O–H groups in total. The molecule has 1 aliphatic carbocycles. The van der Waals surface area contributed by atoms with E-state index < -0.39 is 0 Å². The first-order valence-electron chi connectivity index (χ1n) is 10.0. The van der Waals surface area contributed by atoms with E-state index in [0.717, 1.165) is 68.3 Å². The van der Waals surface area contributed by atoms with Crippen molar-refractivity contribution in [2.75, 3.05) is 11.4 Å². The number of nitrogens with one attached hydrogen (secondary N) is 1. The summed E-state index contributed by atoms with van der Waals surface area (Å²) in [6.45, 7) is 6.71. The van der Waals surface area contributed by atoms with Crippen LogP contribution in [-0.2, 0) is 30.7 Å². The van der Waals surface area contributed by atoms with Gasteiger partial charge in [0, 0.05) is 43.6 Å². The molecule has 0 aromatic carbocycles. The van der Waals surface area contributed by atoms with Crippen molar-refractivity contribution in [1.82, 2.24) is 25.1 Å². The van der Waals surface area contributed by atoms with Crippen LogP contribution in [0.2, 0.25) is 0 Å². The number of aromatic nitrogens is 4. The second-order valence-electron chi connectivity index (χ2n) is 7.65. The molecule has 0 unspecified atom stereocenters. The molecule has 144 valence electrons. The van der Waals surface area contributed by atoms with Crippen LogP contribution < -0.4 is 10.2 Å². The highest BCUT2D eigenvalue weighted by atomic mass is 16.1. The van der Waals surface area contributed by atoms with Gasteiger partial charge in [-0.15, -0.1) is 0 Å². The lowest BCUT2D eigenvalue weighted by atomic mass is 10.2. The van der Waals surface area contributed by atoms with Crippen molar-refractivity contribution in [3.63, 3.8) is 0 Å². The van der Waals surface area contributed by atoms with Gasteiger partial charge in [-0.05, 0) is 32.3 Å². The largest absolute Gasteiger partial charge is 0.353 e. The zero-order valence-electron chi connectivity index (χ0n) is 16.2. The lowest BCUT2D eigenvalue weighted by Crippen LogP contribution is -2.34. The predicted molar refractivity (Wildman–Crippen MR) is 104 cm³/mol. The fourth-order valence-electron chi connectivity index (χ4n) is 3.52. The van der Waals surface area contributed by atoms with Crippen LogP contribution in [0, 0.1) is 6.92 Å². The molecule has 2 aliphatic rings. The van der Waals surface area contributed by atoms with Crippen LogP contribution in [0.4, 0.5) is 5.82 Å². The maximum absolute atomic E-state index is 11.9. The van der Waals surface area contributed by atoms with Gasteiger partial charge >= 0.3 is 0 Å². The van der Waals surface area contributed by atoms with E-state index in [2.05, 4.69) is 44.0 Å². The molecule has 1 saturated carbocycles. The van der Waals surface area contributed by atoms with Gasteiger partial charge in [0.2, 0.25) is 5.91 Å². The van der Waals surface area contributed by atoms with Gasteiger partial charge in [-0.1, -0.05) is 6.92 Å². The summed E-state index contributed by atoms with van der Waals surface area (Å²) < 4.78 is 2.08. The van der Waals surface area contributed by atoms with Crippen molar-refractivity contribution in [3.8, 4) is 0 Å². The van der Waals surface area contributed by atoms with Gasteiger partial charge in [0.1, 0.15) is 11.6 Å². The second kappa shape index (κ2) is 7.66. The maximum atomic E-state index is 11.9. The number of carbonyl (C=O) groups is 1. The summed E-state index contributed by atoms with van der Waals surface area (Å²) in [5.74, 6) is 2.07. The molecule has 0 saturated heterocycles. The van der Waals surface area contributed by atoms with E-state index >= 15 is 0 Å². The summed E-state index contributed by atoms with van der Waals surface area (Å²) in [5.41, 5.74) is 3.21. The molecule has 0 bridgehead atoms. The molecular formula is C20H28N6O. The maximum Gasteiger partial charge on any atom is 0.220 e. The van der Waals surface area contributed by atoms with Gasteiger partial charge in [0.05, 0.1) is 24.5 Å². The highest BCUT2D eigenvalue weighted by molar-refractivity contribution is 5.76. The molecule has 27 heavy (non-hydrogen) atoms. The molecule has 1 fully saturated rings. The van der Waals surface area contributed by atoms with Crippen LogP contribution in [-0.4, -0.2) is 38.2 Å². The Kier molecular flexibility index (Phi) is 5.09. The third kappa shape index (κ3) is 4.46. The lowest BCUT2D eigenvalue weighted by molar-refractivity contribution is -0.121. The monoisotopic (exact) mass is 368 g/mol. The van der Waals surface area contributed by atoms with Gasteiger partial charge in [-0.2, -0.15) is 5.10 Å². The van der Waals surface area contributed by atoms with Crippen molar-refractivity contribution < 1.29 is 4.79 Å². The minimum atomic E-state index is 0.144. The van der Waals surface area contributed by atoms with Crippen molar-refractivity contribution in [2.24, 2.45) is 0 Å². The quantitative estimate of drug-likeness (QED) is 0.811. The molecule has 0 radical (unpaired) electrons. The molecule has 7 heteroatoms. The van der Waals surface area contributed by atoms with Crippen LogP contribution in [0.5, 0.6) is 0 Å². The van der Waals surface area contributed by atoms with Gasteiger partial charge in [0.25, 0.3) is 0 Å². The van der Waals surface area contributed by atoms with E-state index in [9.17, 15) is 4.79 Å². The highest BCUT2D eigenvalue weighted by Crippen LogP contribution is 2.22. The Bertz CT molecular complexity index is 826. The summed E-state index contributed by atoms with van der Waals surface area (Å²) >= 11 is 0. The van der Waals surface area contributed by atoms with E-state index in [-0.39, 0.29) is 5.91 Å². The third-order valence-corrected chi connectivity index (χ3v) is 5.08. The highest BCUT2D eigenvalue weighted by Gasteiger charge is 2.24. The fourth-order valence-corrected chi connectivity index (χ4v) is 3.52. The number of aryl methyl sites for hydroxylation is 3. The lowest BCUT2D eigenvalue weighted by Gasteiger charge is -2.29. The Morgan fingerprint density at radius 1 is 1.22 bits per heavy atom. The fraction of sp³-hybridized carbons (Fsp3) is 0.600. The summed E-state index contributed by atoms with van der Waals surface area (Å²) in [6.07, 6.45) is 5.43. The molecular weight excluding hydrogens is 340 g/mol. The van der Waals surface area contributed by atoms with E-state index in [1.165, 1.54) is 5.69 Å². The molecule has 0 spiro atoms. The van der Waals surface area contributed by atoms with Crippen LogP contribution in [0.3, 0.4) is 0 Å². The summed E-state index contributed by atoms with van der Waals surface area (Å²) in [5, 5.41) is 7.73. The number of rotatable bonds is 7. The number of hydrogen-bond donors (Lipinski definition) is 1. The van der Waals surface area contributed by atoms with E-state index in [1.54, 1.807) is 0 Å². The van der Waals surface area contributed by atoms with Gasteiger partial charge in [-0.25, -0.2) is 9.97 Å². The molecule has 1 aliphatic heterocycles. The zero-order chi connectivity index (χ0) is 18.8. The standard InChI is InChI=1S/C20H28N6O/c1-3-4-18-21-14(2)11-19(23-18)25-9-10-26-17(13-25)12-16(24-26)7-8-20(27)22-15-5-6-15/h11-12,15H,3-10,13H2,1-2H3,(H,22,27). The Hall–Kier alpha value is -2.44. The van der Waals surface area contributed by atoms with E-state index in [0.29, 0.717) is 18.9 Å². The van der Waals surface area contributed by atoms with Gasteiger partial charge in [0.15, 0.2) is 0 Å². The van der Waals surface area contributed by atoms with Crippen LogP contribution >= 0.6 is 0 Å².